The molecule has 1 aliphatic heterocycles. The number of allylic oxidation sites excluding steroid dienone is 2. The molecule has 1 unspecified atom stereocenters. The smallest absolute Gasteiger partial charge is 0.225 e. The van der Waals surface area contributed by atoms with Gasteiger partial charge in [0.05, 0.1) is 11.0 Å². The molecule has 3 rings (SSSR count). The summed E-state index contributed by atoms with van der Waals surface area (Å²) in [6.07, 6.45) is 8.26. The number of aromatic nitrogens is 2. The van der Waals surface area contributed by atoms with Gasteiger partial charge in [0.1, 0.15) is 5.82 Å². The van der Waals surface area contributed by atoms with Crippen LogP contribution in [0.1, 0.15) is 5.56 Å². The Morgan fingerprint density at radius 3 is 2.86 bits per heavy atom. The van der Waals surface area contributed by atoms with Crippen LogP contribution in [0.4, 0.5) is 8.78 Å². The summed E-state index contributed by atoms with van der Waals surface area (Å²) in [5.41, 5.74) is 1.23. The topological polar surface area (TPSA) is 29.9 Å². The summed E-state index contributed by atoms with van der Waals surface area (Å²) in [4.78, 5) is 0. The Morgan fingerprint density at radius 1 is 1.38 bits per heavy atom. The molecule has 0 saturated heterocycles. The highest BCUT2D eigenvalue weighted by atomic mass is 79.9. The molecule has 0 bridgehead atoms. The minimum Gasteiger partial charge on any atom is -0.352 e. The molecule has 2 heterocycles. The first kappa shape index (κ1) is 14.0. The van der Waals surface area contributed by atoms with E-state index in [1.807, 2.05) is 12.3 Å². The van der Waals surface area contributed by atoms with Gasteiger partial charge in [-0.1, -0.05) is 12.1 Å². The van der Waals surface area contributed by atoms with Gasteiger partial charge in [-0.3, -0.25) is 4.68 Å². The average molecular weight is 352 g/mol. The molecular weight excluding hydrogens is 340 g/mol. The van der Waals surface area contributed by atoms with Crippen LogP contribution in [0.15, 0.2) is 65.1 Å². The summed E-state index contributed by atoms with van der Waals surface area (Å²) in [6, 6.07) is 5.91. The lowest BCUT2D eigenvalue weighted by molar-refractivity contribution is 0.198. The normalized spacial score (nSPS) is 21.0. The lowest BCUT2D eigenvalue weighted by Crippen LogP contribution is -2.35. The highest BCUT2D eigenvalue weighted by molar-refractivity contribution is 9.10. The fraction of sp³-hybridized carbons (Fsp3) is 0.133. The van der Waals surface area contributed by atoms with E-state index in [1.165, 1.54) is 24.3 Å². The number of halogens is 3. The van der Waals surface area contributed by atoms with Crippen molar-refractivity contribution < 1.29 is 8.78 Å². The van der Waals surface area contributed by atoms with Gasteiger partial charge in [0, 0.05) is 24.2 Å². The van der Waals surface area contributed by atoms with Gasteiger partial charge in [0.2, 0.25) is 5.79 Å². The molecule has 1 aromatic heterocycles. The van der Waals surface area contributed by atoms with Crippen LogP contribution in [-0.2, 0) is 12.3 Å². The van der Waals surface area contributed by atoms with Gasteiger partial charge in [-0.25, -0.2) is 8.78 Å². The second-order valence-electron chi connectivity index (χ2n) is 4.74. The van der Waals surface area contributed by atoms with E-state index in [2.05, 4.69) is 26.3 Å². The molecule has 21 heavy (non-hydrogen) atoms. The minimum absolute atomic E-state index is 0.235. The van der Waals surface area contributed by atoms with Crippen LogP contribution < -0.4 is 5.32 Å². The van der Waals surface area contributed by atoms with Crippen LogP contribution in [0.5, 0.6) is 0 Å². The molecule has 108 valence electrons. The Hall–Kier alpha value is -1.95. The molecule has 0 aliphatic carbocycles. The number of hydrogen-bond donors (Lipinski definition) is 1. The van der Waals surface area contributed by atoms with Crippen molar-refractivity contribution in [3.05, 3.63) is 76.4 Å². The molecule has 0 amide bonds. The molecule has 1 aliphatic rings. The van der Waals surface area contributed by atoms with E-state index in [0.29, 0.717) is 12.1 Å². The summed E-state index contributed by atoms with van der Waals surface area (Å²) < 4.78 is 30.1. The standard InChI is InChI=1S/C15H12BrF2N3/c16-13-8-12(2-3-14(13)17)15(18)5-4-11(9-19-15)10-21-7-1-6-20-21/h1-9,19H,10H2. The zero-order chi connectivity index (χ0) is 14.9. The van der Waals surface area contributed by atoms with Gasteiger partial charge in [0.25, 0.3) is 0 Å². The third-order valence-electron chi connectivity index (χ3n) is 3.24. The highest BCUT2D eigenvalue weighted by Gasteiger charge is 2.30. The van der Waals surface area contributed by atoms with Crippen molar-refractivity contribution >= 4 is 15.9 Å². The van der Waals surface area contributed by atoms with E-state index in [4.69, 9.17) is 0 Å². The Bertz CT molecular complexity index is 710. The number of hydrogen-bond acceptors (Lipinski definition) is 2. The Morgan fingerprint density at radius 2 is 2.24 bits per heavy atom. The number of benzene rings is 1. The number of nitrogens with one attached hydrogen (secondary N) is 1. The third-order valence-corrected chi connectivity index (χ3v) is 3.85. The largest absolute Gasteiger partial charge is 0.352 e. The van der Waals surface area contributed by atoms with Crippen molar-refractivity contribution in [2.75, 3.05) is 0 Å². The van der Waals surface area contributed by atoms with E-state index in [-0.39, 0.29) is 4.47 Å². The number of dihydropyridines is 1. The maximum atomic E-state index is 14.9. The van der Waals surface area contributed by atoms with Gasteiger partial charge in [-0.15, -0.1) is 0 Å². The van der Waals surface area contributed by atoms with Crippen molar-refractivity contribution in [1.29, 1.82) is 0 Å². The van der Waals surface area contributed by atoms with Crippen LogP contribution in [0.25, 0.3) is 0 Å². The van der Waals surface area contributed by atoms with Crippen LogP contribution in [0, 0.1) is 5.82 Å². The molecular formula is C15H12BrF2N3. The summed E-state index contributed by atoms with van der Waals surface area (Å²) in [7, 11) is 0. The SMILES string of the molecule is Fc1ccc(C2(F)C=CC(Cn3cccn3)=CN2)cc1Br. The predicted molar refractivity (Wildman–Crippen MR) is 79.5 cm³/mol. The first-order valence-electron chi connectivity index (χ1n) is 6.35. The van der Waals surface area contributed by atoms with Crippen LogP contribution in [-0.4, -0.2) is 9.78 Å². The Balaban J connectivity index is 1.78. The van der Waals surface area contributed by atoms with E-state index in [1.54, 1.807) is 23.2 Å². The van der Waals surface area contributed by atoms with Gasteiger partial charge in [-0.2, -0.15) is 5.10 Å². The van der Waals surface area contributed by atoms with Crippen molar-refractivity contribution in [2.24, 2.45) is 0 Å². The molecule has 1 aromatic carbocycles. The van der Waals surface area contributed by atoms with Crippen LogP contribution in [0.2, 0.25) is 0 Å². The molecule has 6 heteroatoms. The first-order chi connectivity index (χ1) is 10.1. The highest BCUT2D eigenvalue weighted by Crippen LogP contribution is 2.31. The Labute approximate surface area is 129 Å². The molecule has 3 nitrogen and oxygen atoms in total. The van der Waals surface area contributed by atoms with E-state index < -0.39 is 11.6 Å². The first-order valence-corrected chi connectivity index (χ1v) is 7.14. The second kappa shape index (κ2) is 5.44. The maximum Gasteiger partial charge on any atom is 0.225 e. The van der Waals surface area contributed by atoms with Crippen LogP contribution >= 0.6 is 15.9 Å². The van der Waals surface area contributed by atoms with E-state index >= 15 is 0 Å². The van der Waals surface area contributed by atoms with Crippen molar-refractivity contribution in [1.82, 2.24) is 15.1 Å². The van der Waals surface area contributed by atoms with E-state index in [9.17, 15) is 8.78 Å². The Kier molecular flexibility index (Phi) is 3.63. The lowest BCUT2D eigenvalue weighted by atomic mass is 10.0. The van der Waals surface area contributed by atoms with Crippen molar-refractivity contribution in [3.8, 4) is 0 Å². The zero-order valence-electron chi connectivity index (χ0n) is 10.9. The summed E-state index contributed by atoms with van der Waals surface area (Å²) in [5, 5.41) is 6.82. The van der Waals surface area contributed by atoms with E-state index in [0.717, 1.165) is 5.57 Å². The number of alkyl halides is 1. The molecule has 0 fully saturated rings. The molecule has 0 saturated carbocycles. The van der Waals surface area contributed by atoms with Gasteiger partial charge in [0.15, 0.2) is 0 Å². The van der Waals surface area contributed by atoms with Gasteiger partial charge >= 0.3 is 0 Å². The number of rotatable bonds is 3. The fourth-order valence-corrected chi connectivity index (χ4v) is 2.48. The van der Waals surface area contributed by atoms with Crippen molar-refractivity contribution in [2.45, 2.75) is 12.3 Å². The molecule has 0 radical (unpaired) electrons. The molecule has 1 N–H and O–H groups in total. The molecule has 1 atom stereocenters. The quantitative estimate of drug-likeness (QED) is 0.855. The summed E-state index contributed by atoms with van der Waals surface area (Å²) >= 11 is 3.07. The fourth-order valence-electron chi connectivity index (χ4n) is 2.10. The zero-order valence-corrected chi connectivity index (χ0v) is 12.5. The number of nitrogens with zero attached hydrogens (tertiary/aromatic N) is 2. The molecule has 0 spiro atoms. The third kappa shape index (κ3) is 2.90. The van der Waals surface area contributed by atoms with Crippen LogP contribution in [0.3, 0.4) is 0 Å². The lowest BCUT2D eigenvalue weighted by Gasteiger charge is -2.26. The molecule has 2 aromatic rings. The predicted octanol–water partition coefficient (Wildman–Crippen LogP) is 3.65. The summed E-state index contributed by atoms with van der Waals surface area (Å²) in [6.45, 7) is 0.555. The minimum atomic E-state index is -1.84. The second-order valence-corrected chi connectivity index (χ2v) is 5.60. The summed E-state index contributed by atoms with van der Waals surface area (Å²) in [5.74, 6) is -2.26. The van der Waals surface area contributed by atoms with Gasteiger partial charge < -0.3 is 5.32 Å². The van der Waals surface area contributed by atoms with Crippen molar-refractivity contribution in [3.63, 3.8) is 0 Å². The average Bonchev–Trinajstić information content (AvgIpc) is 2.97. The maximum absolute atomic E-state index is 14.9. The monoisotopic (exact) mass is 351 g/mol. The van der Waals surface area contributed by atoms with Gasteiger partial charge in [-0.05, 0) is 45.8 Å².